The highest BCUT2D eigenvalue weighted by molar-refractivity contribution is 6.05. The van der Waals surface area contributed by atoms with Crippen molar-refractivity contribution in [2.75, 3.05) is 6.54 Å². The van der Waals surface area contributed by atoms with Gasteiger partial charge in [-0.25, -0.2) is 14.4 Å². The average Bonchev–Trinajstić information content (AvgIpc) is 2.80. The first kappa shape index (κ1) is 19.2. The Labute approximate surface area is 178 Å². The third-order valence-corrected chi connectivity index (χ3v) is 5.77. The van der Waals surface area contributed by atoms with Gasteiger partial charge in [-0.05, 0) is 54.8 Å². The lowest BCUT2D eigenvalue weighted by atomic mass is 9.96. The second kappa shape index (κ2) is 7.47. The summed E-state index contributed by atoms with van der Waals surface area (Å²) in [6.45, 7) is 2.77. The summed E-state index contributed by atoms with van der Waals surface area (Å²) in [4.78, 5) is 24.4. The molecule has 0 saturated heterocycles. The molecule has 6 heteroatoms. The number of hydrogen-bond donors (Lipinski definition) is 1. The second-order valence-electron chi connectivity index (χ2n) is 7.77. The van der Waals surface area contributed by atoms with Crippen molar-refractivity contribution in [3.63, 3.8) is 0 Å². The van der Waals surface area contributed by atoms with Crippen molar-refractivity contribution in [2.24, 2.45) is 0 Å². The summed E-state index contributed by atoms with van der Waals surface area (Å²) in [5.74, 6) is 0.169. The first-order chi connectivity index (χ1) is 15.0. The normalized spacial score (nSPS) is 13.3. The molecule has 2 heterocycles. The highest BCUT2D eigenvalue weighted by atomic mass is 19.1. The Morgan fingerprint density at radius 1 is 1.03 bits per heavy atom. The number of aryl methyl sites for hydroxylation is 1. The maximum atomic E-state index is 13.5. The molecule has 5 nitrogen and oxygen atoms in total. The van der Waals surface area contributed by atoms with Crippen LogP contribution in [0.15, 0.2) is 60.7 Å². The minimum atomic E-state index is -0.341. The van der Waals surface area contributed by atoms with Crippen LogP contribution in [0.5, 0.6) is 5.75 Å². The number of para-hydroxylation sites is 1. The summed E-state index contributed by atoms with van der Waals surface area (Å²) in [5, 5.41) is 11.0. The molecule has 1 amide bonds. The van der Waals surface area contributed by atoms with E-state index in [1.807, 2.05) is 43.3 Å². The zero-order valence-corrected chi connectivity index (χ0v) is 17.0. The van der Waals surface area contributed by atoms with E-state index in [2.05, 4.69) is 9.97 Å². The highest BCUT2D eigenvalue weighted by Gasteiger charge is 2.26. The van der Waals surface area contributed by atoms with Crippen LogP contribution >= 0.6 is 0 Å². The molecule has 3 aromatic carbocycles. The molecule has 0 radical (unpaired) electrons. The van der Waals surface area contributed by atoms with Crippen LogP contribution < -0.4 is 0 Å². The van der Waals surface area contributed by atoms with E-state index in [1.165, 1.54) is 12.1 Å². The van der Waals surface area contributed by atoms with E-state index in [1.54, 1.807) is 17.0 Å². The number of rotatable bonds is 2. The number of nitrogens with zero attached hydrogens (tertiary/aromatic N) is 3. The molecule has 5 rings (SSSR count). The van der Waals surface area contributed by atoms with Gasteiger partial charge < -0.3 is 10.0 Å². The summed E-state index contributed by atoms with van der Waals surface area (Å²) in [5.41, 5.74) is 4.31. The summed E-state index contributed by atoms with van der Waals surface area (Å²) in [6.07, 6.45) is 0.586. The van der Waals surface area contributed by atoms with Gasteiger partial charge in [0.2, 0.25) is 0 Å². The fourth-order valence-corrected chi connectivity index (χ4v) is 4.04. The number of benzene rings is 3. The predicted molar refractivity (Wildman–Crippen MR) is 116 cm³/mol. The van der Waals surface area contributed by atoms with Gasteiger partial charge in [0.15, 0.2) is 5.82 Å². The maximum Gasteiger partial charge on any atom is 0.273 e. The van der Waals surface area contributed by atoms with Crippen LogP contribution in [0.3, 0.4) is 0 Å². The summed E-state index contributed by atoms with van der Waals surface area (Å²) < 4.78 is 13.4. The Balaban J connectivity index is 1.56. The molecule has 0 saturated carbocycles. The van der Waals surface area contributed by atoms with E-state index < -0.39 is 0 Å². The molecule has 0 fully saturated rings. The van der Waals surface area contributed by atoms with E-state index in [9.17, 15) is 14.3 Å². The standard InChI is InChI=1S/C25H20FN3O2/c1-15-6-7-17-14-29(13-12-19(17)23(15)30)25(31)22-20-4-2-3-5-21(20)27-24(28-22)16-8-10-18(26)11-9-16/h2-11,30H,12-14H2,1H3. The lowest BCUT2D eigenvalue weighted by molar-refractivity contribution is 0.0730. The molecule has 1 aliphatic heterocycles. The first-order valence-electron chi connectivity index (χ1n) is 10.1. The van der Waals surface area contributed by atoms with Crippen molar-refractivity contribution >= 4 is 16.8 Å². The molecule has 1 N–H and O–H groups in total. The van der Waals surface area contributed by atoms with Crippen LogP contribution in [0, 0.1) is 12.7 Å². The average molecular weight is 413 g/mol. The summed E-state index contributed by atoms with van der Waals surface area (Å²) in [7, 11) is 0. The van der Waals surface area contributed by atoms with Crippen molar-refractivity contribution in [3.8, 4) is 17.1 Å². The van der Waals surface area contributed by atoms with Crippen LogP contribution in [-0.2, 0) is 13.0 Å². The number of carbonyl (C=O) groups is 1. The lowest BCUT2D eigenvalue weighted by Gasteiger charge is -2.29. The number of aromatic hydroxyl groups is 1. The van der Waals surface area contributed by atoms with E-state index >= 15 is 0 Å². The Morgan fingerprint density at radius 3 is 2.61 bits per heavy atom. The third-order valence-electron chi connectivity index (χ3n) is 5.77. The van der Waals surface area contributed by atoms with Crippen molar-refractivity contribution in [3.05, 3.63) is 88.9 Å². The predicted octanol–water partition coefficient (Wildman–Crippen LogP) is 4.65. The topological polar surface area (TPSA) is 66.3 Å². The number of halogens is 1. The molecule has 154 valence electrons. The molecular weight excluding hydrogens is 393 g/mol. The Morgan fingerprint density at radius 2 is 1.81 bits per heavy atom. The first-order valence-corrected chi connectivity index (χ1v) is 10.1. The number of fused-ring (bicyclic) bond motifs is 2. The molecule has 0 unspecified atom stereocenters. The van der Waals surface area contributed by atoms with E-state index in [0.717, 1.165) is 16.7 Å². The smallest absolute Gasteiger partial charge is 0.273 e. The molecular formula is C25H20FN3O2. The zero-order valence-electron chi connectivity index (χ0n) is 17.0. The number of phenolic OH excluding ortho intramolecular Hbond substituents is 1. The number of aromatic nitrogens is 2. The molecule has 0 atom stereocenters. The number of phenols is 1. The SMILES string of the molecule is Cc1ccc2c(c1O)CCN(C(=O)c1nc(-c3ccc(F)cc3)nc3ccccc13)C2. The molecule has 0 bridgehead atoms. The zero-order chi connectivity index (χ0) is 21.5. The fraction of sp³-hybridized carbons (Fsp3) is 0.160. The van der Waals surface area contributed by atoms with Crippen LogP contribution in [0.2, 0.25) is 0 Å². The van der Waals surface area contributed by atoms with Crippen molar-refractivity contribution < 1.29 is 14.3 Å². The Hall–Kier alpha value is -3.80. The molecule has 0 spiro atoms. The van der Waals surface area contributed by atoms with Crippen molar-refractivity contribution in [1.82, 2.24) is 14.9 Å². The quantitative estimate of drug-likeness (QED) is 0.520. The minimum absolute atomic E-state index is 0.187. The lowest BCUT2D eigenvalue weighted by Crippen LogP contribution is -2.36. The van der Waals surface area contributed by atoms with Crippen molar-refractivity contribution in [2.45, 2.75) is 19.9 Å². The van der Waals surface area contributed by atoms with Crippen LogP contribution in [0.1, 0.15) is 27.2 Å². The van der Waals surface area contributed by atoms with Gasteiger partial charge in [0, 0.05) is 29.6 Å². The van der Waals surface area contributed by atoms with E-state index in [-0.39, 0.29) is 11.7 Å². The molecule has 0 aliphatic carbocycles. The van der Waals surface area contributed by atoms with Crippen LogP contribution in [0.25, 0.3) is 22.3 Å². The summed E-state index contributed by atoms with van der Waals surface area (Å²) in [6, 6.07) is 17.1. The van der Waals surface area contributed by atoms with Gasteiger partial charge in [-0.3, -0.25) is 4.79 Å². The molecule has 31 heavy (non-hydrogen) atoms. The van der Waals surface area contributed by atoms with Crippen LogP contribution in [-0.4, -0.2) is 32.4 Å². The van der Waals surface area contributed by atoms with E-state index in [4.69, 9.17) is 0 Å². The van der Waals surface area contributed by atoms with Gasteiger partial charge >= 0.3 is 0 Å². The Bertz CT molecular complexity index is 1320. The molecule has 4 aromatic rings. The summed E-state index contributed by atoms with van der Waals surface area (Å²) >= 11 is 0. The molecule has 1 aromatic heterocycles. The van der Waals surface area contributed by atoms with Gasteiger partial charge in [-0.15, -0.1) is 0 Å². The number of carbonyl (C=O) groups excluding carboxylic acids is 1. The van der Waals surface area contributed by atoms with Gasteiger partial charge in [-0.1, -0.05) is 30.3 Å². The Kier molecular flexibility index (Phi) is 4.62. The monoisotopic (exact) mass is 413 g/mol. The second-order valence-corrected chi connectivity index (χ2v) is 7.77. The minimum Gasteiger partial charge on any atom is -0.507 e. The number of hydrogen-bond acceptors (Lipinski definition) is 4. The van der Waals surface area contributed by atoms with Gasteiger partial charge in [0.1, 0.15) is 17.3 Å². The van der Waals surface area contributed by atoms with Gasteiger partial charge in [0.05, 0.1) is 5.52 Å². The van der Waals surface area contributed by atoms with Crippen LogP contribution in [0.4, 0.5) is 4.39 Å². The largest absolute Gasteiger partial charge is 0.507 e. The maximum absolute atomic E-state index is 13.5. The third kappa shape index (κ3) is 3.40. The van der Waals surface area contributed by atoms with Gasteiger partial charge in [0.25, 0.3) is 5.91 Å². The van der Waals surface area contributed by atoms with Gasteiger partial charge in [-0.2, -0.15) is 0 Å². The fourth-order valence-electron chi connectivity index (χ4n) is 4.04. The van der Waals surface area contributed by atoms with Crippen molar-refractivity contribution in [1.29, 1.82) is 0 Å². The highest BCUT2D eigenvalue weighted by Crippen LogP contribution is 2.31. The van der Waals surface area contributed by atoms with E-state index in [0.29, 0.717) is 53.2 Å². The number of amides is 1. The molecule has 1 aliphatic rings.